The molecule has 1 aliphatic rings. The number of Topliss-reactive ketones (excluding diaryl/α,β-unsaturated/α-hetero) is 1. The molecule has 0 aromatic rings. The van der Waals surface area contributed by atoms with Gasteiger partial charge in [-0.2, -0.15) is 0 Å². The monoisotopic (exact) mass is 476 g/mol. The number of unbranched alkanes of at least 4 members (excludes halogenated alkanes) is 9. The molecular formula is C31H60N2O. The van der Waals surface area contributed by atoms with Crippen LogP contribution >= 0.6 is 0 Å². The van der Waals surface area contributed by atoms with E-state index in [1.807, 2.05) is 0 Å². The first-order valence-electron chi connectivity index (χ1n) is 15.2. The third-order valence-corrected chi connectivity index (χ3v) is 7.89. The molecule has 0 aromatic carbocycles. The van der Waals surface area contributed by atoms with Gasteiger partial charge in [0, 0.05) is 31.2 Å². The Hall–Kier alpha value is -0.830. The summed E-state index contributed by atoms with van der Waals surface area (Å²) in [5.74, 6) is 1.22. The molecule has 2 atom stereocenters. The SMILES string of the molecule is C=C(CCCCCCCN(CCCCCCCC(C)=O)C1CCC[C@H]1C)N(CCC)CCCC. The molecule has 1 fully saturated rings. The molecule has 1 saturated carbocycles. The summed E-state index contributed by atoms with van der Waals surface area (Å²) in [5, 5.41) is 0. The fraction of sp³-hybridized carbons (Fsp3) is 0.903. The Kier molecular flexibility index (Phi) is 18.7. The normalized spacial score (nSPS) is 18.0. The van der Waals surface area contributed by atoms with E-state index in [1.54, 1.807) is 6.92 Å². The van der Waals surface area contributed by atoms with Gasteiger partial charge in [-0.25, -0.2) is 0 Å². The van der Waals surface area contributed by atoms with E-state index in [0.29, 0.717) is 5.78 Å². The number of hydrogen-bond acceptors (Lipinski definition) is 3. The van der Waals surface area contributed by atoms with Crippen LogP contribution in [-0.2, 0) is 4.79 Å². The molecule has 0 N–H and O–H groups in total. The molecule has 0 aliphatic heterocycles. The molecule has 0 spiro atoms. The van der Waals surface area contributed by atoms with Crippen LogP contribution in [0.1, 0.15) is 143 Å². The molecule has 0 heterocycles. The molecule has 1 aliphatic carbocycles. The predicted octanol–water partition coefficient (Wildman–Crippen LogP) is 8.77. The Labute approximate surface area is 214 Å². The van der Waals surface area contributed by atoms with Crippen molar-refractivity contribution < 1.29 is 4.79 Å². The summed E-state index contributed by atoms with van der Waals surface area (Å²) in [4.78, 5) is 16.5. The molecule has 3 heteroatoms. The Morgan fingerprint density at radius 1 is 0.735 bits per heavy atom. The first kappa shape index (κ1) is 31.2. The summed E-state index contributed by atoms with van der Waals surface area (Å²) in [6, 6.07) is 0.828. The molecule has 3 nitrogen and oxygen atoms in total. The molecule has 1 unspecified atom stereocenters. The van der Waals surface area contributed by atoms with Gasteiger partial charge in [-0.1, -0.05) is 78.7 Å². The van der Waals surface area contributed by atoms with Gasteiger partial charge in [0.2, 0.25) is 0 Å². The predicted molar refractivity (Wildman–Crippen MR) is 150 cm³/mol. The average Bonchev–Trinajstić information content (AvgIpc) is 3.24. The molecule has 0 amide bonds. The van der Waals surface area contributed by atoms with Crippen LogP contribution in [0.2, 0.25) is 0 Å². The second kappa shape index (κ2) is 20.4. The van der Waals surface area contributed by atoms with E-state index in [2.05, 4.69) is 37.1 Å². The van der Waals surface area contributed by atoms with Gasteiger partial charge in [0.1, 0.15) is 5.78 Å². The van der Waals surface area contributed by atoms with Gasteiger partial charge in [0.05, 0.1) is 0 Å². The van der Waals surface area contributed by atoms with Crippen molar-refractivity contribution in [1.82, 2.24) is 9.80 Å². The fourth-order valence-electron chi connectivity index (χ4n) is 5.71. The summed E-state index contributed by atoms with van der Waals surface area (Å²) < 4.78 is 0. The van der Waals surface area contributed by atoms with Crippen LogP contribution in [0.4, 0.5) is 0 Å². The van der Waals surface area contributed by atoms with Gasteiger partial charge < -0.3 is 14.6 Å². The second-order valence-electron chi connectivity index (χ2n) is 11.2. The van der Waals surface area contributed by atoms with E-state index in [0.717, 1.165) is 24.8 Å². The van der Waals surface area contributed by atoms with Crippen molar-refractivity contribution in [2.75, 3.05) is 26.2 Å². The molecule has 1 rings (SSSR count). The lowest BCUT2D eigenvalue weighted by Gasteiger charge is -2.32. The van der Waals surface area contributed by atoms with Crippen molar-refractivity contribution in [3.05, 3.63) is 12.3 Å². The third-order valence-electron chi connectivity index (χ3n) is 7.89. The Morgan fingerprint density at radius 3 is 1.85 bits per heavy atom. The molecule has 0 saturated heterocycles. The van der Waals surface area contributed by atoms with Crippen LogP contribution in [0.15, 0.2) is 12.3 Å². The molecule has 200 valence electrons. The van der Waals surface area contributed by atoms with Crippen LogP contribution in [0.5, 0.6) is 0 Å². The van der Waals surface area contributed by atoms with Gasteiger partial charge in [-0.15, -0.1) is 0 Å². The number of carbonyl (C=O) groups is 1. The van der Waals surface area contributed by atoms with Gasteiger partial charge in [-0.3, -0.25) is 0 Å². The first-order valence-corrected chi connectivity index (χ1v) is 15.2. The minimum atomic E-state index is 0.344. The van der Waals surface area contributed by atoms with Crippen LogP contribution in [-0.4, -0.2) is 47.8 Å². The van der Waals surface area contributed by atoms with Crippen molar-refractivity contribution in [3.63, 3.8) is 0 Å². The zero-order valence-electron chi connectivity index (χ0n) is 23.7. The van der Waals surface area contributed by atoms with Gasteiger partial charge in [0.15, 0.2) is 0 Å². The van der Waals surface area contributed by atoms with E-state index in [9.17, 15) is 4.79 Å². The number of carbonyl (C=O) groups excluding carboxylic acids is 1. The maximum atomic E-state index is 11.1. The standard InChI is InChI=1S/C31H60N2O/c1-6-8-25-32(24-7-2)29(4)21-15-11-9-13-17-26-33(31-23-19-20-28(31)3)27-18-14-10-12-16-22-30(5)34/h28,31H,4,6-27H2,1-3,5H3/t28-,31?/m1/s1. The van der Waals surface area contributed by atoms with Crippen molar-refractivity contribution >= 4 is 5.78 Å². The minimum absolute atomic E-state index is 0.344. The summed E-state index contributed by atoms with van der Waals surface area (Å²) in [6.45, 7) is 18.1. The van der Waals surface area contributed by atoms with E-state index < -0.39 is 0 Å². The summed E-state index contributed by atoms with van der Waals surface area (Å²) in [7, 11) is 0. The summed E-state index contributed by atoms with van der Waals surface area (Å²) in [5.41, 5.74) is 1.37. The highest BCUT2D eigenvalue weighted by atomic mass is 16.1. The Bertz CT molecular complexity index is 518. The van der Waals surface area contributed by atoms with Crippen molar-refractivity contribution in [3.8, 4) is 0 Å². The topological polar surface area (TPSA) is 23.6 Å². The highest BCUT2D eigenvalue weighted by molar-refractivity contribution is 5.75. The van der Waals surface area contributed by atoms with Crippen LogP contribution in [0.3, 0.4) is 0 Å². The number of nitrogens with zero attached hydrogens (tertiary/aromatic N) is 2. The number of hydrogen-bond donors (Lipinski definition) is 0. The van der Waals surface area contributed by atoms with E-state index in [1.165, 1.54) is 135 Å². The lowest BCUT2D eigenvalue weighted by molar-refractivity contribution is -0.117. The largest absolute Gasteiger partial charge is 0.375 e. The lowest BCUT2D eigenvalue weighted by atomic mass is 10.0. The van der Waals surface area contributed by atoms with Gasteiger partial charge in [-0.05, 0) is 83.7 Å². The van der Waals surface area contributed by atoms with E-state index >= 15 is 0 Å². The maximum Gasteiger partial charge on any atom is 0.129 e. The Balaban J connectivity index is 2.21. The van der Waals surface area contributed by atoms with E-state index in [-0.39, 0.29) is 0 Å². The number of allylic oxidation sites excluding steroid dienone is 1. The smallest absolute Gasteiger partial charge is 0.129 e. The maximum absolute atomic E-state index is 11.1. The molecule has 0 bridgehead atoms. The van der Waals surface area contributed by atoms with Crippen LogP contribution in [0.25, 0.3) is 0 Å². The van der Waals surface area contributed by atoms with Crippen LogP contribution < -0.4 is 0 Å². The Morgan fingerprint density at radius 2 is 1.32 bits per heavy atom. The second-order valence-corrected chi connectivity index (χ2v) is 11.2. The zero-order valence-corrected chi connectivity index (χ0v) is 23.7. The van der Waals surface area contributed by atoms with Crippen LogP contribution in [0, 0.1) is 5.92 Å². The molecule has 0 aromatic heterocycles. The molecule has 34 heavy (non-hydrogen) atoms. The lowest BCUT2D eigenvalue weighted by Crippen LogP contribution is -2.38. The minimum Gasteiger partial charge on any atom is -0.375 e. The van der Waals surface area contributed by atoms with E-state index in [4.69, 9.17) is 0 Å². The molecular weight excluding hydrogens is 416 g/mol. The first-order chi connectivity index (χ1) is 16.5. The highest BCUT2D eigenvalue weighted by Crippen LogP contribution is 2.30. The average molecular weight is 477 g/mol. The fourth-order valence-corrected chi connectivity index (χ4v) is 5.71. The van der Waals surface area contributed by atoms with Crippen molar-refractivity contribution in [1.29, 1.82) is 0 Å². The van der Waals surface area contributed by atoms with Gasteiger partial charge in [0.25, 0.3) is 0 Å². The summed E-state index contributed by atoms with van der Waals surface area (Å²) in [6.07, 6.45) is 23.0. The van der Waals surface area contributed by atoms with Crippen molar-refractivity contribution in [2.45, 2.75) is 149 Å². The number of ketones is 1. The number of rotatable bonds is 23. The van der Waals surface area contributed by atoms with Gasteiger partial charge >= 0.3 is 0 Å². The third kappa shape index (κ3) is 14.5. The quantitative estimate of drug-likeness (QED) is 0.138. The summed E-state index contributed by atoms with van der Waals surface area (Å²) >= 11 is 0. The van der Waals surface area contributed by atoms with Crippen molar-refractivity contribution in [2.24, 2.45) is 5.92 Å². The molecule has 0 radical (unpaired) electrons. The highest BCUT2D eigenvalue weighted by Gasteiger charge is 2.28. The zero-order chi connectivity index (χ0) is 25.0.